The largest absolute Gasteiger partial charge is 0.469 e. The van der Waals surface area contributed by atoms with Crippen molar-refractivity contribution in [1.82, 2.24) is 4.90 Å². The van der Waals surface area contributed by atoms with Crippen LogP contribution in [0.15, 0.2) is 30.3 Å². The van der Waals surface area contributed by atoms with E-state index in [9.17, 15) is 14.7 Å². The Morgan fingerprint density at radius 3 is 2.71 bits per heavy atom. The zero-order valence-electron chi connectivity index (χ0n) is 11.9. The first-order valence-electron chi connectivity index (χ1n) is 6.83. The molecule has 6 heteroatoms. The Morgan fingerprint density at radius 1 is 1.33 bits per heavy atom. The summed E-state index contributed by atoms with van der Waals surface area (Å²) in [5.74, 6) is -1.23. The van der Waals surface area contributed by atoms with Crippen LogP contribution in [0, 0.1) is 5.92 Å². The molecule has 1 aliphatic heterocycles. The first-order valence-corrected chi connectivity index (χ1v) is 6.83. The number of amides is 1. The normalized spacial score (nSPS) is 21.7. The average Bonchev–Trinajstić information content (AvgIpc) is 2.53. The van der Waals surface area contributed by atoms with Crippen LogP contribution >= 0.6 is 0 Å². The lowest BCUT2D eigenvalue weighted by atomic mass is 9.95. The van der Waals surface area contributed by atoms with Crippen LogP contribution in [0.25, 0.3) is 0 Å². The minimum atomic E-state index is -0.782. The average molecular weight is 293 g/mol. The summed E-state index contributed by atoms with van der Waals surface area (Å²) in [4.78, 5) is 25.0. The van der Waals surface area contributed by atoms with E-state index in [0.29, 0.717) is 13.0 Å². The number of esters is 1. The Hall–Kier alpha value is -2.08. The summed E-state index contributed by atoms with van der Waals surface area (Å²) in [6.45, 7) is 0.658. The molecule has 114 valence electrons. The van der Waals surface area contributed by atoms with Gasteiger partial charge >= 0.3 is 12.1 Å². The Morgan fingerprint density at radius 2 is 2.05 bits per heavy atom. The van der Waals surface area contributed by atoms with Crippen molar-refractivity contribution in [2.45, 2.75) is 19.1 Å². The third kappa shape index (κ3) is 3.95. The summed E-state index contributed by atoms with van der Waals surface area (Å²) >= 11 is 0. The second kappa shape index (κ2) is 7.08. The number of carbonyl (C=O) groups excluding carboxylic acids is 2. The molecule has 2 rings (SSSR count). The maximum Gasteiger partial charge on any atom is 0.410 e. The third-order valence-corrected chi connectivity index (χ3v) is 3.54. The van der Waals surface area contributed by atoms with Crippen LogP contribution in [0.1, 0.15) is 12.0 Å². The van der Waals surface area contributed by atoms with Crippen molar-refractivity contribution in [1.29, 1.82) is 0 Å². The van der Waals surface area contributed by atoms with Crippen molar-refractivity contribution < 1.29 is 24.2 Å². The summed E-state index contributed by atoms with van der Waals surface area (Å²) in [7, 11) is 1.27. The summed E-state index contributed by atoms with van der Waals surface area (Å²) in [5.41, 5.74) is 0.896. The zero-order chi connectivity index (χ0) is 15.2. The third-order valence-electron chi connectivity index (χ3n) is 3.54. The lowest BCUT2D eigenvalue weighted by Gasteiger charge is -2.33. The molecule has 1 heterocycles. The van der Waals surface area contributed by atoms with Gasteiger partial charge in [-0.05, 0) is 12.0 Å². The fourth-order valence-electron chi connectivity index (χ4n) is 2.30. The topological polar surface area (TPSA) is 76.1 Å². The molecule has 0 spiro atoms. The van der Waals surface area contributed by atoms with Gasteiger partial charge in [0.05, 0.1) is 13.2 Å². The van der Waals surface area contributed by atoms with Gasteiger partial charge in [-0.15, -0.1) is 0 Å². The quantitative estimate of drug-likeness (QED) is 0.847. The number of benzene rings is 1. The number of aliphatic hydroxyl groups is 1. The molecule has 0 bridgehead atoms. The molecule has 0 radical (unpaired) electrons. The molecule has 1 aromatic carbocycles. The summed E-state index contributed by atoms with van der Waals surface area (Å²) in [5, 5.41) is 9.80. The van der Waals surface area contributed by atoms with Crippen molar-refractivity contribution in [3.63, 3.8) is 0 Å². The lowest BCUT2D eigenvalue weighted by molar-refractivity contribution is -0.152. The second-order valence-corrected chi connectivity index (χ2v) is 4.97. The van der Waals surface area contributed by atoms with Crippen molar-refractivity contribution >= 4 is 12.1 Å². The predicted octanol–water partition coefficient (Wildman–Crippen LogP) is 1.18. The summed E-state index contributed by atoms with van der Waals surface area (Å²) in [6.07, 6.45) is -0.935. The molecule has 6 nitrogen and oxygen atoms in total. The maximum atomic E-state index is 12.0. The molecule has 1 aromatic rings. The van der Waals surface area contributed by atoms with E-state index in [0.717, 1.165) is 5.56 Å². The van der Waals surface area contributed by atoms with Gasteiger partial charge in [0.2, 0.25) is 0 Å². The fourth-order valence-corrected chi connectivity index (χ4v) is 2.30. The molecule has 2 atom stereocenters. The van der Waals surface area contributed by atoms with Gasteiger partial charge in [0, 0.05) is 13.1 Å². The van der Waals surface area contributed by atoms with E-state index < -0.39 is 24.1 Å². The van der Waals surface area contributed by atoms with Crippen LogP contribution in [-0.2, 0) is 20.9 Å². The van der Waals surface area contributed by atoms with Gasteiger partial charge in [0.25, 0.3) is 0 Å². The van der Waals surface area contributed by atoms with E-state index in [1.165, 1.54) is 12.0 Å². The number of aliphatic hydroxyl groups excluding tert-OH is 1. The molecular weight excluding hydrogens is 274 g/mol. The number of piperidine rings is 1. The lowest BCUT2D eigenvalue weighted by Crippen LogP contribution is -2.49. The Bertz CT molecular complexity index is 490. The van der Waals surface area contributed by atoms with Crippen molar-refractivity contribution in [2.24, 2.45) is 5.92 Å². The number of ether oxygens (including phenoxy) is 2. The van der Waals surface area contributed by atoms with Crippen LogP contribution in [0.3, 0.4) is 0 Å². The SMILES string of the molecule is COC(=O)[C@H]1CN(C(=O)OCc2ccccc2)CC[C@@H]1O. The van der Waals surface area contributed by atoms with Gasteiger partial charge in [0.15, 0.2) is 0 Å². The number of hydrogen-bond donors (Lipinski definition) is 1. The highest BCUT2D eigenvalue weighted by molar-refractivity contribution is 5.75. The highest BCUT2D eigenvalue weighted by Gasteiger charge is 2.36. The van der Waals surface area contributed by atoms with E-state index in [4.69, 9.17) is 4.74 Å². The highest BCUT2D eigenvalue weighted by atomic mass is 16.6. The van der Waals surface area contributed by atoms with Gasteiger partial charge in [0.1, 0.15) is 12.5 Å². The predicted molar refractivity (Wildman–Crippen MR) is 74.3 cm³/mol. The van der Waals surface area contributed by atoms with Crippen LogP contribution in [-0.4, -0.2) is 48.4 Å². The Kier molecular flexibility index (Phi) is 5.16. The first kappa shape index (κ1) is 15.3. The summed E-state index contributed by atoms with van der Waals surface area (Å²) in [6, 6.07) is 9.36. The fraction of sp³-hybridized carbons (Fsp3) is 0.467. The van der Waals surface area contributed by atoms with Crippen molar-refractivity contribution in [2.75, 3.05) is 20.2 Å². The smallest absolute Gasteiger partial charge is 0.410 e. The minimum absolute atomic E-state index is 0.113. The number of carbonyl (C=O) groups is 2. The van der Waals surface area contributed by atoms with E-state index >= 15 is 0 Å². The van der Waals surface area contributed by atoms with E-state index in [-0.39, 0.29) is 13.2 Å². The molecule has 0 unspecified atom stereocenters. The van der Waals surface area contributed by atoms with Crippen LogP contribution < -0.4 is 0 Å². The molecular formula is C15H19NO5. The van der Waals surface area contributed by atoms with Crippen LogP contribution in [0.5, 0.6) is 0 Å². The second-order valence-electron chi connectivity index (χ2n) is 4.97. The van der Waals surface area contributed by atoms with E-state index in [2.05, 4.69) is 4.74 Å². The van der Waals surface area contributed by atoms with Crippen molar-refractivity contribution in [3.8, 4) is 0 Å². The van der Waals surface area contributed by atoms with Crippen LogP contribution in [0.2, 0.25) is 0 Å². The van der Waals surface area contributed by atoms with Crippen molar-refractivity contribution in [3.05, 3.63) is 35.9 Å². The molecule has 1 amide bonds. The molecule has 1 N–H and O–H groups in total. The number of methoxy groups -OCH3 is 1. The van der Waals surface area contributed by atoms with Gasteiger partial charge in [-0.3, -0.25) is 4.79 Å². The van der Waals surface area contributed by atoms with Gasteiger partial charge in [-0.25, -0.2) is 4.79 Å². The maximum absolute atomic E-state index is 12.0. The number of likely N-dealkylation sites (tertiary alicyclic amines) is 1. The molecule has 0 aromatic heterocycles. The molecule has 1 aliphatic rings. The summed E-state index contributed by atoms with van der Waals surface area (Å²) < 4.78 is 9.86. The highest BCUT2D eigenvalue weighted by Crippen LogP contribution is 2.19. The standard InChI is InChI=1S/C15H19NO5/c1-20-14(18)12-9-16(8-7-13(12)17)15(19)21-10-11-5-3-2-4-6-11/h2-6,12-13,17H,7-10H2,1H3/t12-,13-/m0/s1. The number of hydrogen-bond acceptors (Lipinski definition) is 5. The molecule has 0 aliphatic carbocycles. The van der Waals surface area contributed by atoms with Gasteiger partial charge in [-0.2, -0.15) is 0 Å². The first-order chi connectivity index (χ1) is 10.1. The molecule has 21 heavy (non-hydrogen) atoms. The Balaban J connectivity index is 1.89. The van der Waals surface area contributed by atoms with E-state index in [1.54, 1.807) is 0 Å². The number of nitrogens with zero attached hydrogens (tertiary/aromatic N) is 1. The zero-order valence-corrected chi connectivity index (χ0v) is 11.9. The molecule has 1 saturated heterocycles. The van der Waals surface area contributed by atoms with Gasteiger partial charge < -0.3 is 19.5 Å². The molecule has 1 fully saturated rings. The minimum Gasteiger partial charge on any atom is -0.469 e. The molecule has 0 saturated carbocycles. The monoisotopic (exact) mass is 293 g/mol. The van der Waals surface area contributed by atoms with Gasteiger partial charge in [-0.1, -0.05) is 30.3 Å². The van der Waals surface area contributed by atoms with Crippen LogP contribution in [0.4, 0.5) is 4.79 Å². The Labute approximate surface area is 123 Å². The number of rotatable bonds is 3. The van der Waals surface area contributed by atoms with E-state index in [1.807, 2.05) is 30.3 Å².